The highest BCUT2D eigenvalue weighted by atomic mass is 35.5. The van der Waals surface area contributed by atoms with Crippen molar-refractivity contribution in [2.45, 2.75) is 24.9 Å². The van der Waals surface area contributed by atoms with Crippen molar-refractivity contribution in [2.24, 2.45) is 0 Å². The highest BCUT2D eigenvalue weighted by Crippen LogP contribution is 2.33. The number of carbonyl (C=O) groups is 1. The largest absolute Gasteiger partial charge is 0.454 e. The summed E-state index contributed by atoms with van der Waals surface area (Å²) < 4.78 is 53.6. The first kappa shape index (κ1) is 27.4. The molecule has 1 fully saturated rings. The van der Waals surface area contributed by atoms with E-state index in [1.54, 1.807) is 17.0 Å². The summed E-state index contributed by atoms with van der Waals surface area (Å²) >= 11 is 6.21. The minimum atomic E-state index is -4.11. The van der Waals surface area contributed by atoms with Gasteiger partial charge in [0.2, 0.25) is 22.7 Å². The van der Waals surface area contributed by atoms with Crippen molar-refractivity contribution in [3.8, 4) is 11.5 Å². The minimum Gasteiger partial charge on any atom is -0.454 e. The zero-order valence-electron chi connectivity index (χ0n) is 21.5. The fraction of sp³-hybridized carbons (Fsp3) is 0.321. The number of amides is 1. The molecular weight excluding hydrogens is 545 g/mol. The fourth-order valence-corrected chi connectivity index (χ4v) is 6.23. The lowest BCUT2D eigenvalue weighted by Gasteiger charge is -2.35. The molecule has 3 aromatic carbocycles. The Balaban J connectivity index is 1.28. The van der Waals surface area contributed by atoms with Crippen LogP contribution in [0.25, 0.3) is 0 Å². The number of aryl methyl sites for hydroxylation is 1. The average molecular weight is 574 g/mol. The zero-order chi connectivity index (χ0) is 27.6. The quantitative estimate of drug-likeness (QED) is 0.405. The Kier molecular flexibility index (Phi) is 8.08. The van der Waals surface area contributed by atoms with Gasteiger partial charge in [0.15, 0.2) is 11.5 Å². The van der Waals surface area contributed by atoms with E-state index >= 15 is 0 Å². The number of benzene rings is 3. The number of carbonyl (C=O) groups excluding carboxylic acids is 1. The second kappa shape index (κ2) is 11.5. The third kappa shape index (κ3) is 6.19. The van der Waals surface area contributed by atoms with Crippen LogP contribution in [0.15, 0.2) is 65.6 Å². The lowest BCUT2D eigenvalue weighted by molar-refractivity contribution is -0.133. The summed E-state index contributed by atoms with van der Waals surface area (Å²) in [6.07, 6.45) is 0. The molecule has 0 saturated carbocycles. The Hall–Kier alpha value is -3.18. The number of piperazine rings is 1. The van der Waals surface area contributed by atoms with Crippen molar-refractivity contribution in [2.75, 3.05) is 39.5 Å². The molecule has 0 bridgehead atoms. The third-order valence-corrected chi connectivity index (χ3v) is 9.09. The summed E-state index contributed by atoms with van der Waals surface area (Å²) in [6, 6.07) is 16.4. The first-order valence-corrected chi connectivity index (χ1v) is 14.4. The summed E-state index contributed by atoms with van der Waals surface area (Å²) in [5, 5.41) is 0.101. The van der Waals surface area contributed by atoms with E-state index in [1.807, 2.05) is 25.1 Å². The number of nitrogens with zero attached hydrogens (tertiary/aromatic N) is 3. The maximum atomic E-state index is 14.6. The number of ether oxygens (including phenoxy) is 2. The van der Waals surface area contributed by atoms with Crippen molar-refractivity contribution in [3.05, 3.63) is 88.2 Å². The van der Waals surface area contributed by atoms with E-state index in [0.717, 1.165) is 26.9 Å². The molecule has 0 aromatic heterocycles. The van der Waals surface area contributed by atoms with Crippen LogP contribution in [-0.2, 0) is 27.9 Å². The van der Waals surface area contributed by atoms with Gasteiger partial charge in [-0.25, -0.2) is 12.8 Å². The lowest BCUT2D eigenvalue weighted by atomic mass is 10.1. The van der Waals surface area contributed by atoms with Crippen molar-refractivity contribution in [1.29, 1.82) is 0 Å². The fourth-order valence-electron chi connectivity index (χ4n) is 4.65. The van der Waals surface area contributed by atoms with Crippen LogP contribution in [0.4, 0.5) is 4.39 Å². The molecule has 5 rings (SSSR count). The second-order valence-corrected chi connectivity index (χ2v) is 12.0. The summed E-state index contributed by atoms with van der Waals surface area (Å²) in [6.45, 7) is 4.12. The van der Waals surface area contributed by atoms with Crippen molar-refractivity contribution in [3.63, 3.8) is 0 Å². The van der Waals surface area contributed by atoms with E-state index in [1.165, 1.54) is 30.3 Å². The molecule has 2 aliphatic heterocycles. The van der Waals surface area contributed by atoms with Gasteiger partial charge >= 0.3 is 0 Å². The number of halogens is 2. The summed E-state index contributed by atoms with van der Waals surface area (Å²) in [5.41, 5.74) is 2.00. The van der Waals surface area contributed by atoms with Gasteiger partial charge in [-0.05, 0) is 48.9 Å². The van der Waals surface area contributed by atoms with Crippen LogP contribution in [0.3, 0.4) is 0 Å². The maximum absolute atomic E-state index is 14.6. The van der Waals surface area contributed by atoms with Gasteiger partial charge in [-0.2, -0.15) is 4.31 Å². The van der Waals surface area contributed by atoms with E-state index in [-0.39, 0.29) is 34.7 Å². The van der Waals surface area contributed by atoms with E-state index in [2.05, 4.69) is 4.90 Å². The molecule has 0 atom stereocenters. The molecule has 0 spiro atoms. The number of hydrogen-bond acceptors (Lipinski definition) is 6. The SMILES string of the molecule is Cc1ccc(S(=O)(=O)N(CC(=O)N2CCN(Cc3ccc4c(c3)OCO4)CC2)Cc2c(F)cccc2Cl)cc1. The molecule has 0 aliphatic carbocycles. The molecule has 0 N–H and O–H groups in total. The minimum absolute atomic E-state index is 0.0243. The molecule has 0 radical (unpaired) electrons. The standard InChI is InChI=1S/C28H29ClFN3O5S/c1-20-5-8-22(9-6-20)39(35,36)33(17-23-24(29)3-2-4-25(23)30)18-28(34)32-13-11-31(12-14-32)16-21-7-10-26-27(15-21)38-19-37-26/h2-10,15H,11-14,16-19H2,1H3. The van der Waals surface area contributed by atoms with E-state index in [9.17, 15) is 17.6 Å². The van der Waals surface area contributed by atoms with Gasteiger partial charge in [0.25, 0.3) is 0 Å². The molecule has 3 aromatic rings. The van der Waals surface area contributed by atoms with Crippen LogP contribution in [0.5, 0.6) is 11.5 Å². The van der Waals surface area contributed by atoms with Crippen molar-refractivity contribution < 1.29 is 27.1 Å². The predicted molar refractivity (Wildman–Crippen MR) is 145 cm³/mol. The van der Waals surface area contributed by atoms with Gasteiger partial charge < -0.3 is 14.4 Å². The van der Waals surface area contributed by atoms with Gasteiger partial charge in [0.05, 0.1) is 11.4 Å². The molecule has 206 valence electrons. The monoisotopic (exact) mass is 573 g/mol. The van der Waals surface area contributed by atoms with Gasteiger partial charge in [0.1, 0.15) is 5.82 Å². The molecule has 8 nitrogen and oxygen atoms in total. The molecular formula is C28H29ClFN3O5S. The van der Waals surface area contributed by atoms with Crippen LogP contribution in [-0.4, -0.2) is 67.9 Å². The van der Waals surface area contributed by atoms with Crippen LogP contribution < -0.4 is 9.47 Å². The van der Waals surface area contributed by atoms with Crippen molar-refractivity contribution in [1.82, 2.24) is 14.1 Å². The Bertz CT molecular complexity index is 1440. The van der Waals surface area contributed by atoms with E-state index in [0.29, 0.717) is 32.7 Å². The highest BCUT2D eigenvalue weighted by Gasteiger charge is 2.31. The summed E-state index contributed by atoms with van der Waals surface area (Å²) in [5.74, 6) is 0.485. The first-order chi connectivity index (χ1) is 18.7. The summed E-state index contributed by atoms with van der Waals surface area (Å²) in [4.78, 5) is 17.2. The second-order valence-electron chi connectivity index (χ2n) is 9.63. The molecule has 1 amide bonds. The highest BCUT2D eigenvalue weighted by molar-refractivity contribution is 7.89. The molecule has 0 unspecified atom stereocenters. The van der Waals surface area contributed by atoms with Gasteiger partial charge in [-0.15, -0.1) is 0 Å². The molecule has 11 heteroatoms. The van der Waals surface area contributed by atoms with Crippen LogP contribution >= 0.6 is 11.6 Å². The number of hydrogen-bond donors (Lipinski definition) is 0. The van der Waals surface area contributed by atoms with Crippen LogP contribution in [0, 0.1) is 12.7 Å². The zero-order valence-corrected chi connectivity index (χ0v) is 23.0. The lowest BCUT2D eigenvalue weighted by Crippen LogP contribution is -2.51. The van der Waals surface area contributed by atoms with E-state index in [4.69, 9.17) is 21.1 Å². The maximum Gasteiger partial charge on any atom is 0.243 e. The Morgan fingerprint density at radius 2 is 1.72 bits per heavy atom. The number of fused-ring (bicyclic) bond motifs is 1. The van der Waals surface area contributed by atoms with Gasteiger partial charge in [-0.1, -0.05) is 41.4 Å². The molecule has 1 saturated heterocycles. The number of rotatable bonds is 8. The predicted octanol–water partition coefficient (Wildman–Crippen LogP) is 4.05. The number of sulfonamides is 1. The summed E-state index contributed by atoms with van der Waals surface area (Å²) in [7, 11) is -4.11. The van der Waals surface area contributed by atoms with Crippen molar-refractivity contribution >= 4 is 27.5 Å². The topological polar surface area (TPSA) is 79.4 Å². The average Bonchev–Trinajstić information content (AvgIpc) is 3.39. The van der Waals surface area contributed by atoms with Crippen LogP contribution in [0.1, 0.15) is 16.7 Å². The molecule has 2 heterocycles. The van der Waals surface area contributed by atoms with E-state index < -0.39 is 22.4 Å². The Morgan fingerprint density at radius 3 is 2.44 bits per heavy atom. The van der Waals surface area contributed by atoms with Gasteiger partial charge in [0, 0.05) is 49.9 Å². The Morgan fingerprint density at radius 1 is 1.00 bits per heavy atom. The smallest absolute Gasteiger partial charge is 0.243 e. The normalized spacial score (nSPS) is 15.6. The molecule has 2 aliphatic rings. The van der Waals surface area contributed by atoms with Crippen LogP contribution in [0.2, 0.25) is 5.02 Å². The first-order valence-electron chi connectivity index (χ1n) is 12.6. The third-order valence-electron chi connectivity index (χ3n) is 6.93. The molecule has 39 heavy (non-hydrogen) atoms. The Labute approximate surface area is 232 Å². The van der Waals surface area contributed by atoms with Gasteiger partial charge in [-0.3, -0.25) is 9.69 Å².